The first kappa shape index (κ1) is 26.3. The summed E-state index contributed by atoms with van der Waals surface area (Å²) in [7, 11) is -0.590. The maximum Gasteiger partial charge on any atom is 0.419 e. The predicted molar refractivity (Wildman–Crippen MR) is 132 cm³/mol. The van der Waals surface area contributed by atoms with E-state index in [0.29, 0.717) is 40.7 Å². The summed E-state index contributed by atoms with van der Waals surface area (Å²) in [6.07, 6.45) is -2.71. The van der Waals surface area contributed by atoms with Gasteiger partial charge in [-0.15, -0.1) is 23.1 Å². The molecule has 0 aliphatic carbocycles. The van der Waals surface area contributed by atoms with Crippen LogP contribution in [0.4, 0.5) is 18.9 Å². The van der Waals surface area contributed by atoms with E-state index in [2.05, 4.69) is 15.9 Å². The predicted octanol–water partition coefficient (Wildman–Crippen LogP) is 4.64. The van der Waals surface area contributed by atoms with Crippen LogP contribution >= 0.6 is 23.1 Å². The van der Waals surface area contributed by atoms with Crippen LogP contribution < -0.4 is 9.46 Å². The molecule has 1 aliphatic rings. The minimum atomic E-state index is -4.66. The van der Waals surface area contributed by atoms with Crippen molar-refractivity contribution in [3.63, 3.8) is 0 Å². The van der Waals surface area contributed by atoms with E-state index in [1.165, 1.54) is 17.8 Å². The fraction of sp³-hybridized carbons (Fsp3) is 0.364. The Morgan fingerprint density at radius 3 is 2.64 bits per heavy atom. The molecule has 1 fully saturated rings. The molecule has 0 radical (unpaired) electrons. The highest BCUT2D eigenvalue weighted by atomic mass is 32.2. The van der Waals surface area contributed by atoms with Crippen molar-refractivity contribution in [1.82, 2.24) is 14.7 Å². The zero-order chi connectivity index (χ0) is 26.3. The molecule has 0 spiro atoms. The van der Waals surface area contributed by atoms with Gasteiger partial charge in [-0.1, -0.05) is 0 Å². The molecular formula is C22H22F3N5O3S3. The van der Waals surface area contributed by atoms with Crippen molar-refractivity contribution in [3.05, 3.63) is 41.5 Å². The molecule has 2 aromatic heterocycles. The number of thioether (sulfide) groups is 1. The lowest BCUT2D eigenvalue weighted by atomic mass is 10.1. The molecule has 0 unspecified atom stereocenters. The Hall–Kier alpha value is -2.73. The number of aromatic nitrogens is 2. The van der Waals surface area contributed by atoms with Gasteiger partial charge in [0.2, 0.25) is 0 Å². The topological polar surface area (TPSA) is 100 Å². The van der Waals surface area contributed by atoms with E-state index in [0.717, 1.165) is 29.5 Å². The number of ether oxygens (including phenoxy) is 1. The van der Waals surface area contributed by atoms with Crippen LogP contribution in [0.2, 0.25) is 0 Å². The third-order valence-corrected chi connectivity index (χ3v) is 9.38. The summed E-state index contributed by atoms with van der Waals surface area (Å²) in [4.78, 5) is 2.42. The van der Waals surface area contributed by atoms with Gasteiger partial charge in [-0.2, -0.15) is 23.5 Å². The Morgan fingerprint density at radius 1 is 1.28 bits per heavy atom. The number of nitrogens with zero attached hydrogens (tertiary/aromatic N) is 4. The smallest absolute Gasteiger partial charge is 0.419 e. The molecule has 36 heavy (non-hydrogen) atoms. The average Bonchev–Trinajstić information content (AvgIpc) is 3.51. The number of sulfonamides is 1. The Morgan fingerprint density at radius 2 is 2.03 bits per heavy atom. The summed E-state index contributed by atoms with van der Waals surface area (Å²) in [5.74, 6) is -0.424. The zero-order valence-electron chi connectivity index (χ0n) is 19.5. The van der Waals surface area contributed by atoms with Crippen molar-refractivity contribution in [2.75, 3.05) is 31.1 Å². The van der Waals surface area contributed by atoms with Crippen LogP contribution in [0, 0.1) is 11.3 Å². The van der Waals surface area contributed by atoms with Gasteiger partial charge in [-0.05, 0) is 44.0 Å². The molecule has 1 aliphatic heterocycles. The number of nitriles is 1. The lowest BCUT2D eigenvalue weighted by Gasteiger charge is -2.19. The first-order valence-electron chi connectivity index (χ1n) is 10.6. The molecule has 192 valence electrons. The van der Waals surface area contributed by atoms with Gasteiger partial charge in [-0.3, -0.25) is 9.40 Å². The normalized spacial score (nSPS) is 16.8. The number of anilines is 1. The number of likely N-dealkylation sites (N-methyl/N-ethyl adjacent to an activating group) is 1. The number of rotatable bonds is 7. The van der Waals surface area contributed by atoms with Crippen molar-refractivity contribution in [1.29, 1.82) is 5.26 Å². The zero-order valence-corrected chi connectivity index (χ0v) is 21.9. The van der Waals surface area contributed by atoms with Crippen LogP contribution in [0.15, 0.2) is 39.6 Å². The number of alkyl halides is 3. The Bertz CT molecular complexity index is 1430. The molecule has 0 bridgehead atoms. The van der Waals surface area contributed by atoms with Gasteiger partial charge < -0.3 is 9.64 Å². The number of benzene rings is 1. The highest BCUT2D eigenvalue weighted by Crippen LogP contribution is 2.40. The highest BCUT2D eigenvalue weighted by Gasteiger charge is 2.36. The fourth-order valence-corrected chi connectivity index (χ4v) is 6.90. The lowest BCUT2D eigenvalue weighted by Crippen LogP contribution is -2.23. The quantitative estimate of drug-likeness (QED) is 0.422. The van der Waals surface area contributed by atoms with E-state index in [-0.39, 0.29) is 9.90 Å². The van der Waals surface area contributed by atoms with E-state index >= 15 is 0 Å². The van der Waals surface area contributed by atoms with Crippen LogP contribution in [-0.4, -0.2) is 55.6 Å². The van der Waals surface area contributed by atoms with E-state index in [1.54, 1.807) is 17.8 Å². The second kappa shape index (κ2) is 9.97. The van der Waals surface area contributed by atoms with Crippen LogP contribution in [0.3, 0.4) is 0 Å². The second-order valence-corrected chi connectivity index (χ2v) is 12.0. The SMILES string of the molecule is CSc1c(C#N)c(-c2ccc(S(=O)(=O)Nc3ccc(C(F)(F)F)c(O[C@H]4CCN(C)C4)c3)s2)nn1C. The molecule has 0 saturated carbocycles. The van der Waals surface area contributed by atoms with E-state index in [1.807, 2.05) is 18.2 Å². The standard InChI is InChI=1S/C22H22F3N5O3S3/c1-29-9-8-14(12-29)33-17-10-13(4-5-16(17)22(23,24)25)28-36(31,32)19-7-6-18(35-19)20-15(11-26)21(34-3)30(2)27-20/h4-7,10,14,28H,8-9,12H2,1-3H3/t14-/m0/s1. The monoisotopic (exact) mass is 557 g/mol. The Balaban J connectivity index is 1.62. The summed E-state index contributed by atoms with van der Waals surface area (Å²) in [6.45, 7) is 1.17. The number of aryl methyl sites for hydroxylation is 1. The number of hydrogen-bond donors (Lipinski definition) is 1. The molecule has 1 aromatic carbocycles. The molecule has 4 rings (SSSR count). The third kappa shape index (κ3) is 5.34. The summed E-state index contributed by atoms with van der Waals surface area (Å²) < 4.78 is 76.2. The second-order valence-electron chi connectivity index (χ2n) is 8.19. The number of halogens is 3. The van der Waals surface area contributed by atoms with Gasteiger partial charge >= 0.3 is 6.18 Å². The summed E-state index contributed by atoms with van der Waals surface area (Å²) in [5.41, 5.74) is -0.324. The Labute approximate surface area is 214 Å². The van der Waals surface area contributed by atoms with Crippen molar-refractivity contribution in [2.45, 2.75) is 27.9 Å². The highest BCUT2D eigenvalue weighted by molar-refractivity contribution is 7.98. The van der Waals surface area contributed by atoms with Gasteiger partial charge in [0.25, 0.3) is 10.0 Å². The minimum Gasteiger partial charge on any atom is -0.488 e. The van der Waals surface area contributed by atoms with Crippen molar-refractivity contribution < 1.29 is 26.3 Å². The van der Waals surface area contributed by atoms with Crippen LogP contribution in [-0.2, 0) is 23.2 Å². The van der Waals surface area contributed by atoms with Gasteiger partial charge in [0, 0.05) is 26.2 Å². The van der Waals surface area contributed by atoms with E-state index in [4.69, 9.17) is 4.74 Å². The summed E-state index contributed by atoms with van der Waals surface area (Å²) in [5, 5.41) is 14.5. The van der Waals surface area contributed by atoms with Crippen LogP contribution in [0.25, 0.3) is 10.6 Å². The van der Waals surface area contributed by atoms with E-state index < -0.39 is 33.6 Å². The van der Waals surface area contributed by atoms with Crippen LogP contribution in [0.1, 0.15) is 17.5 Å². The summed E-state index contributed by atoms with van der Waals surface area (Å²) in [6, 6.07) is 7.94. The third-order valence-electron chi connectivity index (χ3n) is 5.56. The molecule has 14 heteroatoms. The van der Waals surface area contributed by atoms with Crippen molar-refractivity contribution >= 4 is 38.8 Å². The lowest BCUT2D eigenvalue weighted by molar-refractivity contribution is -0.139. The molecule has 8 nitrogen and oxygen atoms in total. The van der Waals surface area contributed by atoms with Gasteiger partial charge in [-0.25, -0.2) is 8.42 Å². The molecular weight excluding hydrogens is 535 g/mol. The maximum atomic E-state index is 13.6. The maximum absolute atomic E-state index is 13.6. The van der Waals surface area contributed by atoms with Crippen molar-refractivity contribution in [2.24, 2.45) is 7.05 Å². The van der Waals surface area contributed by atoms with Crippen LogP contribution in [0.5, 0.6) is 5.75 Å². The first-order chi connectivity index (χ1) is 16.9. The van der Waals surface area contributed by atoms with Crippen molar-refractivity contribution in [3.8, 4) is 22.4 Å². The number of nitrogens with one attached hydrogen (secondary N) is 1. The first-order valence-corrected chi connectivity index (χ1v) is 14.2. The van der Waals surface area contributed by atoms with Gasteiger partial charge in [0.1, 0.15) is 38.4 Å². The number of likely N-dealkylation sites (tertiary alicyclic amines) is 1. The average molecular weight is 558 g/mol. The van der Waals surface area contributed by atoms with Gasteiger partial charge in [0.15, 0.2) is 0 Å². The number of thiophene rings is 1. The minimum absolute atomic E-state index is 0.0560. The fourth-order valence-electron chi connectivity index (χ4n) is 3.90. The molecule has 1 N–H and O–H groups in total. The summed E-state index contributed by atoms with van der Waals surface area (Å²) >= 11 is 2.26. The van der Waals surface area contributed by atoms with E-state index in [9.17, 15) is 26.9 Å². The molecule has 1 atom stereocenters. The number of hydrogen-bond acceptors (Lipinski definition) is 8. The molecule has 3 aromatic rings. The molecule has 1 saturated heterocycles. The van der Waals surface area contributed by atoms with Gasteiger partial charge in [0.05, 0.1) is 16.1 Å². The Kier molecular flexibility index (Phi) is 7.29. The molecule has 0 amide bonds. The largest absolute Gasteiger partial charge is 0.488 e. The molecule has 3 heterocycles.